The first-order valence-corrected chi connectivity index (χ1v) is 13.0. The van der Waals surface area contributed by atoms with Crippen molar-refractivity contribution in [1.29, 1.82) is 0 Å². The Balaban J connectivity index is 1.55. The highest BCUT2D eigenvalue weighted by molar-refractivity contribution is 7.98. The predicted octanol–water partition coefficient (Wildman–Crippen LogP) is 3.76. The third-order valence-corrected chi connectivity index (χ3v) is 8.82. The average Bonchev–Trinajstić information content (AvgIpc) is 3.52. The molecule has 0 radical (unpaired) electrons. The van der Waals surface area contributed by atoms with Gasteiger partial charge in [0, 0.05) is 4.88 Å². The zero-order chi connectivity index (χ0) is 21.7. The predicted molar refractivity (Wildman–Crippen MR) is 129 cm³/mol. The van der Waals surface area contributed by atoms with E-state index in [9.17, 15) is 4.79 Å². The molecule has 2 N–H and O–H groups in total. The second kappa shape index (κ2) is 7.98. The van der Waals surface area contributed by atoms with Crippen molar-refractivity contribution in [3.05, 3.63) is 61.7 Å². The number of hydrogen-bond acceptors (Lipinski definition) is 9. The summed E-state index contributed by atoms with van der Waals surface area (Å²) < 4.78 is 3.82. The molecule has 0 spiro atoms. The number of rotatable bonds is 5. The largest absolute Gasteiger partial charge is 0.374 e. The number of benzene rings is 1. The van der Waals surface area contributed by atoms with E-state index < -0.39 is 0 Å². The van der Waals surface area contributed by atoms with Gasteiger partial charge in [-0.2, -0.15) is 0 Å². The maximum absolute atomic E-state index is 13.7. The van der Waals surface area contributed by atoms with Gasteiger partial charge in [0.2, 0.25) is 10.9 Å². The summed E-state index contributed by atoms with van der Waals surface area (Å²) in [5.74, 6) is 1.17. The standard InChI is InChI=1S/C21H19N7OS3/c22-19-24-23-15(32-19)11-30-21-26-25-20-27(10-12-6-2-1-3-7-12)17(29)16-13-8-4-5-9-14(13)31-18(16)28(20)21/h1-3,6-7H,4-5,8-11H2,(H2,22,24). The molecular formula is C21H19N7OS3. The lowest BCUT2D eigenvalue weighted by Gasteiger charge is -2.12. The Hall–Kier alpha value is -2.76. The molecule has 32 heavy (non-hydrogen) atoms. The van der Waals surface area contributed by atoms with Crippen molar-refractivity contribution in [3.8, 4) is 0 Å². The van der Waals surface area contributed by atoms with Gasteiger partial charge in [-0.3, -0.25) is 9.36 Å². The summed E-state index contributed by atoms with van der Waals surface area (Å²) >= 11 is 4.62. The molecule has 0 bridgehead atoms. The van der Waals surface area contributed by atoms with Gasteiger partial charge in [0.25, 0.3) is 5.56 Å². The van der Waals surface area contributed by atoms with Crippen LogP contribution in [0.5, 0.6) is 0 Å². The summed E-state index contributed by atoms with van der Waals surface area (Å²) in [5.41, 5.74) is 8.02. The zero-order valence-electron chi connectivity index (χ0n) is 17.0. The van der Waals surface area contributed by atoms with Gasteiger partial charge >= 0.3 is 0 Å². The van der Waals surface area contributed by atoms with E-state index in [1.165, 1.54) is 40.0 Å². The molecule has 4 aromatic heterocycles. The maximum Gasteiger partial charge on any atom is 0.264 e. The summed E-state index contributed by atoms with van der Waals surface area (Å²) in [6.45, 7) is 0.458. The Bertz CT molecular complexity index is 1500. The van der Waals surface area contributed by atoms with Crippen LogP contribution in [0.1, 0.15) is 33.9 Å². The van der Waals surface area contributed by atoms with Gasteiger partial charge in [-0.05, 0) is 36.8 Å². The van der Waals surface area contributed by atoms with Gasteiger partial charge in [0.05, 0.1) is 17.7 Å². The lowest BCUT2D eigenvalue weighted by molar-refractivity contribution is 0.698. The van der Waals surface area contributed by atoms with Crippen LogP contribution in [-0.2, 0) is 25.1 Å². The van der Waals surface area contributed by atoms with E-state index in [1.54, 1.807) is 15.9 Å². The summed E-state index contributed by atoms with van der Waals surface area (Å²) in [6, 6.07) is 10.0. The minimum atomic E-state index is 0.0246. The van der Waals surface area contributed by atoms with Crippen molar-refractivity contribution >= 4 is 55.6 Å². The van der Waals surface area contributed by atoms with E-state index in [0.29, 0.717) is 23.2 Å². The lowest BCUT2D eigenvalue weighted by Crippen LogP contribution is -2.24. The number of aryl methyl sites for hydroxylation is 2. The normalized spacial score (nSPS) is 13.8. The van der Waals surface area contributed by atoms with E-state index in [4.69, 9.17) is 5.73 Å². The highest BCUT2D eigenvalue weighted by Gasteiger charge is 2.25. The molecular weight excluding hydrogens is 462 g/mol. The minimum Gasteiger partial charge on any atom is -0.374 e. The number of thiophene rings is 1. The average molecular weight is 482 g/mol. The number of aromatic nitrogens is 6. The van der Waals surface area contributed by atoms with Crippen LogP contribution in [0.25, 0.3) is 16.0 Å². The van der Waals surface area contributed by atoms with Crippen molar-refractivity contribution in [3.63, 3.8) is 0 Å². The summed E-state index contributed by atoms with van der Waals surface area (Å²) in [6.07, 6.45) is 4.28. The first-order valence-electron chi connectivity index (χ1n) is 10.4. The number of anilines is 1. The van der Waals surface area contributed by atoms with Gasteiger partial charge in [0.1, 0.15) is 9.84 Å². The van der Waals surface area contributed by atoms with Crippen molar-refractivity contribution in [2.45, 2.75) is 43.1 Å². The van der Waals surface area contributed by atoms with Crippen molar-refractivity contribution < 1.29 is 0 Å². The number of nitrogen functional groups attached to an aromatic ring is 1. The molecule has 11 heteroatoms. The second-order valence-corrected chi connectivity index (χ2v) is 10.8. The molecule has 0 aliphatic heterocycles. The van der Waals surface area contributed by atoms with E-state index in [-0.39, 0.29) is 5.56 Å². The van der Waals surface area contributed by atoms with Gasteiger partial charge in [0.15, 0.2) is 5.16 Å². The Morgan fingerprint density at radius 2 is 1.88 bits per heavy atom. The van der Waals surface area contributed by atoms with Gasteiger partial charge < -0.3 is 5.73 Å². The first kappa shape index (κ1) is 19.9. The lowest BCUT2D eigenvalue weighted by atomic mass is 9.97. The van der Waals surface area contributed by atoms with Crippen LogP contribution in [0.2, 0.25) is 0 Å². The quantitative estimate of drug-likeness (QED) is 0.381. The Labute approximate surface area is 195 Å². The van der Waals surface area contributed by atoms with Crippen LogP contribution in [0, 0.1) is 0 Å². The van der Waals surface area contributed by atoms with Gasteiger partial charge in [-0.1, -0.05) is 53.4 Å². The van der Waals surface area contributed by atoms with Crippen molar-refractivity contribution in [2.75, 3.05) is 5.73 Å². The molecule has 0 amide bonds. The third-order valence-electron chi connectivity index (χ3n) is 5.66. The Morgan fingerprint density at radius 3 is 2.69 bits per heavy atom. The second-order valence-electron chi connectivity index (χ2n) is 7.71. The van der Waals surface area contributed by atoms with E-state index in [0.717, 1.165) is 45.2 Å². The number of nitrogens with zero attached hydrogens (tertiary/aromatic N) is 6. The fraction of sp³-hybridized carbons (Fsp3) is 0.286. The minimum absolute atomic E-state index is 0.0246. The molecule has 0 unspecified atom stereocenters. The van der Waals surface area contributed by atoms with Crippen LogP contribution in [0.3, 0.4) is 0 Å². The molecule has 6 rings (SSSR count). The Kier molecular flexibility index (Phi) is 4.96. The van der Waals surface area contributed by atoms with Crippen LogP contribution >= 0.6 is 34.4 Å². The number of thioether (sulfide) groups is 1. The molecule has 0 fully saturated rings. The highest BCUT2D eigenvalue weighted by atomic mass is 32.2. The molecule has 1 aromatic carbocycles. The van der Waals surface area contributed by atoms with Crippen LogP contribution in [0.4, 0.5) is 5.13 Å². The molecule has 1 aliphatic rings. The molecule has 162 valence electrons. The molecule has 4 heterocycles. The smallest absolute Gasteiger partial charge is 0.264 e. The van der Waals surface area contributed by atoms with Crippen molar-refractivity contribution in [2.24, 2.45) is 0 Å². The highest BCUT2D eigenvalue weighted by Crippen LogP contribution is 2.36. The fourth-order valence-electron chi connectivity index (χ4n) is 4.22. The zero-order valence-corrected chi connectivity index (χ0v) is 19.5. The number of nitrogens with two attached hydrogens (primary N) is 1. The summed E-state index contributed by atoms with van der Waals surface area (Å²) in [7, 11) is 0. The van der Waals surface area contributed by atoms with E-state index >= 15 is 0 Å². The molecule has 8 nitrogen and oxygen atoms in total. The SMILES string of the molecule is Nc1nnc(CSc2nnc3n(Cc4ccccc4)c(=O)c4c5c(sc4n23)CCCC5)s1. The van der Waals surface area contributed by atoms with Crippen molar-refractivity contribution in [1.82, 2.24) is 29.4 Å². The molecule has 0 saturated heterocycles. The van der Waals surface area contributed by atoms with E-state index in [2.05, 4.69) is 24.8 Å². The van der Waals surface area contributed by atoms with E-state index in [1.807, 2.05) is 30.3 Å². The first-order chi connectivity index (χ1) is 15.7. The third kappa shape index (κ3) is 3.31. The number of fused-ring (bicyclic) bond motifs is 5. The maximum atomic E-state index is 13.7. The Morgan fingerprint density at radius 1 is 1.03 bits per heavy atom. The summed E-state index contributed by atoms with van der Waals surface area (Å²) in [5, 5.41) is 19.8. The fourth-order valence-corrected chi connectivity index (χ4v) is 7.19. The van der Waals surface area contributed by atoms with Crippen LogP contribution in [0.15, 0.2) is 40.3 Å². The molecule has 0 saturated carbocycles. The molecule has 1 aliphatic carbocycles. The molecule has 5 aromatic rings. The van der Waals surface area contributed by atoms with Gasteiger partial charge in [-0.15, -0.1) is 31.7 Å². The summed E-state index contributed by atoms with van der Waals surface area (Å²) in [4.78, 5) is 16.0. The van der Waals surface area contributed by atoms with Crippen LogP contribution < -0.4 is 11.3 Å². The monoisotopic (exact) mass is 481 g/mol. The molecule has 0 atom stereocenters. The van der Waals surface area contributed by atoms with Crippen LogP contribution in [-0.4, -0.2) is 29.4 Å². The number of hydrogen-bond donors (Lipinski definition) is 1. The topological polar surface area (TPSA) is 104 Å². The van der Waals surface area contributed by atoms with Gasteiger partial charge in [-0.25, -0.2) is 4.40 Å².